The highest BCUT2D eigenvalue weighted by atomic mass is 16.5. The van der Waals surface area contributed by atoms with Crippen molar-refractivity contribution in [1.82, 2.24) is 9.55 Å². The topological polar surface area (TPSA) is 72.1 Å². The monoisotopic (exact) mass is 456 g/mol. The van der Waals surface area contributed by atoms with E-state index in [2.05, 4.69) is 33.6 Å². The second kappa shape index (κ2) is 11.8. The fourth-order valence-electron chi connectivity index (χ4n) is 3.87. The molecule has 0 amide bonds. The van der Waals surface area contributed by atoms with Gasteiger partial charge in [-0.1, -0.05) is 38.6 Å². The van der Waals surface area contributed by atoms with Gasteiger partial charge in [-0.2, -0.15) is 5.26 Å². The lowest BCUT2D eigenvalue weighted by Gasteiger charge is -2.23. The molecule has 2 heterocycles. The molecule has 0 saturated carbocycles. The first-order valence-corrected chi connectivity index (χ1v) is 11.6. The average molecular weight is 457 g/mol. The Hall–Kier alpha value is -3.98. The summed E-state index contributed by atoms with van der Waals surface area (Å²) >= 11 is 0. The van der Waals surface area contributed by atoms with E-state index in [0.717, 1.165) is 39.5 Å². The first-order valence-electron chi connectivity index (χ1n) is 11.6. The van der Waals surface area contributed by atoms with Gasteiger partial charge in [0.05, 0.1) is 26.2 Å². The van der Waals surface area contributed by atoms with E-state index in [4.69, 9.17) is 14.7 Å². The number of benzene rings is 2. The Labute approximate surface area is 202 Å². The quantitative estimate of drug-likeness (QED) is 0.411. The molecule has 3 aromatic rings. The zero-order valence-electron chi connectivity index (χ0n) is 20.3. The number of rotatable bonds is 7. The minimum Gasteiger partial charge on any atom is -0.493 e. The molecule has 6 heteroatoms. The van der Waals surface area contributed by atoms with Gasteiger partial charge in [-0.25, -0.2) is 4.98 Å². The van der Waals surface area contributed by atoms with Crippen molar-refractivity contribution in [2.45, 2.75) is 39.8 Å². The molecule has 0 radical (unpaired) electrons. The van der Waals surface area contributed by atoms with Gasteiger partial charge in [-0.3, -0.25) is 0 Å². The van der Waals surface area contributed by atoms with E-state index < -0.39 is 0 Å². The number of hydrogen-bond acceptors (Lipinski definition) is 5. The first-order chi connectivity index (χ1) is 16.6. The maximum Gasteiger partial charge on any atom is 0.161 e. The van der Waals surface area contributed by atoms with Crippen molar-refractivity contribution in [3.8, 4) is 17.6 Å². The van der Waals surface area contributed by atoms with E-state index in [9.17, 15) is 0 Å². The molecule has 0 bridgehead atoms. The van der Waals surface area contributed by atoms with Crippen LogP contribution >= 0.6 is 0 Å². The van der Waals surface area contributed by atoms with E-state index >= 15 is 0 Å². The summed E-state index contributed by atoms with van der Waals surface area (Å²) < 4.78 is 13.3. The molecule has 0 fully saturated rings. The van der Waals surface area contributed by atoms with Crippen LogP contribution in [0.3, 0.4) is 0 Å². The predicted molar refractivity (Wildman–Crippen MR) is 138 cm³/mol. The van der Waals surface area contributed by atoms with Crippen LogP contribution in [0.1, 0.15) is 50.3 Å². The third-order valence-electron chi connectivity index (χ3n) is 5.46. The van der Waals surface area contributed by atoms with E-state index in [1.807, 2.05) is 69.4 Å². The van der Waals surface area contributed by atoms with Crippen LogP contribution in [-0.4, -0.2) is 23.3 Å². The summed E-state index contributed by atoms with van der Waals surface area (Å²) in [5.74, 6) is 2.29. The summed E-state index contributed by atoms with van der Waals surface area (Å²) in [6, 6.07) is 16.1. The number of allylic oxidation sites excluding steroid dienone is 1. The molecule has 1 N–H and O–H groups in total. The van der Waals surface area contributed by atoms with Crippen molar-refractivity contribution >= 4 is 17.3 Å². The first kappa shape index (κ1) is 24.7. The number of ether oxygens (including phenoxy) is 2. The van der Waals surface area contributed by atoms with Gasteiger partial charge in [-0.05, 0) is 66.0 Å². The van der Waals surface area contributed by atoms with Crippen LogP contribution in [0.2, 0.25) is 0 Å². The largest absolute Gasteiger partial charge is 0.493 e. The Balaban J connectivity index is 0.00000158. The molecular formula is C28H32N4O2. The summed E-state index contributed by atoms with van der Waals surface area (Å²) in [7, 11) is 1.65. The second-order valence-electron chi connectivity index (χ2n) is 7.57. The van der Waals surface area contributed by atoms with Crippen molar-refractivity contribution in [2.24, 2.45) is 0 Å². The Morgan fingerprint density at radius 2 is 1.94 bits per heavy atom. The van der Waals surface area contributed by atoms with E-state index in [-0.39, 0.29) is 6.17 Å². The van der Waals surface area contributed by atoms with Gasteiger partial charge in [0, 0.05) is 18.1 Å². The molecule has 0 saturated heterocycles. The number of anilines is 1. The van der Waals surface area contributed by atoms with Crippen molar-refractivity contribution in [3.63, 3.8) is 0 Å². The fourth-order valence-corrected chi connectivity index (χ4v) is 3.87. The molecule has 34 heavy (non-hydrogen) atoms. The third kappa shape index (κ3) is 5.49. The fraction of sp³-hybridized carbons (Fsp3) is 0.286. The van der Waals surface area contributed by atoms with Crippen LogP contribution in [0.4, 0.5) is 5.69 Å². The number of imidazole rings is 1. The second-order valence-corrected chi connectivity index (χ2v) is 7.57. The predicted octanol–water partition coefficient (Wildman–Crippen LogP) is 6.49. The summed E-state index contributed by atoms with van der Waals surface area (Å²) in [6.07, 6.45) is 6.79. The minimum atomic E-state index is -0.146. The van der Waals surface area contributed by atoms with E-state index in [1.165, 1.54) is 0 Å². The zero-order chi connectivity index (χ0) is 24.5. The van der Waals surface area contributed by atoms with Crippen LogP contribution in [0, 0.1) is 11.3 Å². The van der Waals surface area contributed by atoms with Crippen molar-refractivity contribution in [3.05, 3.63) is 84.0 Å². The molecular weight excluding hydrogens is 424 g/mol. The maximum atomic E-state index is 8.89. The Bertz CT molecular complexity index is 1190. The van der Waals surface area contributed by atoms with E-state index in [1.54, 1.807) is 13.3 Å². The van der Waals surface area contributed by atoms with Crippen LogP contribution in [0.5, 0.6) is 11.5 Å². The van der Waals surface area contributed by atoms with Crippen molar-refractivity contribution in [2.75, 3.05) is 19.0 Å². The number of nitrogens with one attached hydrogen (secondary N) is 1. The molecule has 0 spiro atoms. The normalized spacial score (nSPS) is 14.5. The van der Waals surface area contributed by atoms with Crippen LogP contribution < -0.4 is 14.8 Å². The molecule has 1 unspecified atom stereocenters. The van der Waals surface area contributed by atoms with Crippen LogP contribution in [0.15, 0.2) is 67.0 Å². The number of nitriles is 1. The molecule has 1 atom stereocenters. The van der Waals surface area contributed by atoms with Gasteiger partial charge in [0.15, 0.2) is 11.5 Å². The van der Waals surface area contributed by atoms with Crippen LogP contribution in [0.25, 0.3) is 11.6 Å². The van der Waals surface area contributed by atoms with E-state index in [0.29, 0.717) is 25.2 Å². The zero-order valence-corrected chi connectivity index (χ0v) is 20.3. The lowest BCUT2D eigenvalue weighted by atomic mass is 9.97. The molecule has 1 aliphatic heterocycles. The number of methoxy groups -OCH3 is 1. The minimum absolute atomic E-state index is 0.146. The van der Waals surface area contributed by atoms with Gasteiger partial charge in [0.2, 0.25) is 0 Å². The maximum absolute atomic E-state index is 8.89. The highest BCUT2D eigenvalue weighted by Crippen LogP contribution is 2.37. The Morgan fingerprint density at radius 3 is 2.62 bits per heavy atom. The number of fused-ring (bicyclic) bond motifs is 1. The summed E-state index contributed by atoms with van der Waals surface area (Å²) in [6.45, 7) is 10.9. The lowest BCUT2D eigenvalue weighted by molar-refractivity contribution is 0.311. The van der Waals surface area contributed by atoms with Gasteiger partial charge < -0.3 is 19.4 Å². The highest BCUT2D eigenvalue weighted by molar-refractivity contribution is 5.83. The smallest absolute Gasteiger partial charge is 0.161 e. The van der Waals surface area contributed by atoms with Gasteiger partial charge in [-0.15, -0.1) is 0 Å². The molecule has 2 aromatic carbocycles. The molecule has 1 aromatic heterocycles. The average Bonchev–Trinajstić information content (AvgIpc) is 3.28. The molecule has 4 rings (SSSR count). The Kier molecular flexibility index (Phi) is 8.53. The van der Waals surface area contributed by atoms with Crippen molar-refractivity contribution < 1.29 is 9.47 Å². The lowest BCUT2D eigenvalue weighted by Crippen LogP contribution is -2.20. The number of aromatic nitrogens is 2. The molecule has 0 aliphatic carbocycles. The summed E-state index contributed by atoms with van der Waals surface area (Å²) in [5.41, 5.74) is 5.13. The summed E-state index contributed by atoms with van der Waals surface area (Å²) in [4.78, 5) is 4.56. The third-order valence-corrected chi connectivity index (χ3v) is 5.46. The van der Waals surface area contributed by atoms with Gasteiger partial charge in [0.1, 0.15) is 12.0 Å². The Morgan fingerprint density at radius 1 is 1.18 bits per heavy atom. The SMILES string of the molecule is C=C1CC(c2ccc(OCC)c(OC)c2)=Cc2nccn2C1Nc1ccc(CC#N)cc1.CC. The highest BCUT2D eigenvalue weighted by Gasteiger charge is 2.23. The van der Waals surface area contributed by atoms with Gasteiger partial charge >= 0.3 is 0 Å². The molecule has 176 valence electrons. The molecule has 1 aliphatic rings. The van der Waals surface area contributed by atoms with Gasteiger partial charge in [0.25, 0.3) is 0 Å². The molecule has 6 nitrogen and oxygen atoms in total. The number of nitrogens with zero attached hydrogens (tertiary/aromatic N) is 3. The van der Waals surface area contributed by atoms with Crippen molar-refractivity contribution in [1.29, 1.82) is 5.26 Å². The van der Waals surface area contributed by atoms with Crippen LogP contribution in [-0.2, 0) is 6.42 Å². The number of hydrogen-bond donors (Lipinski definition) is 1. The standard InChI is InChI=1S/C26H26N4O2.C2H6/c1-4-32-23-10-7-20(16-24(23)31-3)21-15-18(2)26(30-14-13-28-25(30)17-21)29-22-8-5-19(6-9-22)11-12-27;1-2/h5-10,13-14,16-17,26,29H,2,4,11,15H2,1,3H3;1-2H3. The summed E-state index contributed by atoms with van der Waals surface area (Å²) in [5, 5.41) is 12.5.